The minimum Gasteiger partial charge on any atom is -0.392 e. The number of aliphatic hydroxyl groups excluding tert-OH is 1. The van der Waals surface area contributed by atoms with E-state index in [9.17, 15) is 0 Å². The molecule has 1 nitrogen and oxygen atoms in total. The van der Waals surface area contributed by atoms with Gasteiger partial charge in [0.1, 0.15) is 0 Å². The summed E-state index contributed by atoms with van der Waals surface area (Å²) in [6, 6.07) is 0. The molecule has 0 fully saturated rings. The first kappa shape index (κ1) is 15.9. The molecule has 16 heavy (non-hydrogen) atoms. The highest BCUT2D eigenvalue weighted by molar-refractivity contribution is 14.1. The van der Waals surface area contributed by atoms with Gasteiger partial charge in [0, 0.05) is 0 Å². The fourth-order valence-electron chi connectivity index (χ4n) is 1.31. The monoisotopic (exact) mass is 334 g/mol. The van der Waals surface area contributed by atoms with Crippen LogP contribution in [-0.2, 0) is 0 Å². The molecule has 0 amide bonds. The van der Waals surface area contributed by atoms with Gasteiger partial charge in [0.25, 0.3) is 0 Å². The molecule has 0 heterocycles. The molecule has 0 spiro atoms. The molecule has 0 atom stereocenters. The minimum absolute atomic E-state index is 0.183. The maximum atomic E-state index is 8.84. The molecule has 0 bridgehead atoms. The molecule has 0 aromatic rings. The first-order valence-corrected chi connectivity index (χ1v) is 7.02. The van der Waals surface area contributed by atoms with Gasteiger partial charge in [-0.05, 0) is 50.5 Å². The van der Waals surface area contributed by atoms with Gasteiger partial charge in [-0.25, -0.2) is 0 Å². The average molecular weight is 334 g/mol. The van der Waals surface area contributed by atoms with Crippen molar-refractivity contribution < 1.29 is 5.11 Å². The molecule has 0 unspecified atom stereocenters. The SMILES string of the molecule is C/C(=C\CC/C(C)=C/CC/C(C)=C/I)CO. The summed E-state index contributed by atoms with van der Waals surface area (Å²) in [5.74, 6) is 0. The molecule has 0 aliphatic carbocycles. The first-order chi connectivity index (χ1) is 7.60. The summed E-state index contributed by atoms with van der Waals surface area (Å²) >= 11 is 2.29. The first-order valence-electron chi connectivity index (χ1n) is 5.78. The van der Waals surface area contributed by atoms with Crippen LogP contribution in [0.25, 0.3) is 0 Å². The molecule has 0 saturated heterocycles. The van der Waals surface area contributed by atoms with Crippen LogP contribution in [0.3, 0.4) is 0 Å². The minimum atomic E-state index is 0.183. The summed E-state index contributed by atoms with van der Waals surface area (Å²) in [5, 5.41) is 8.84. The molecule has 0 radical (unpaired) electrons. The molecular formula is C14H23IO. The van der Waals surface area contributed by atoms with Crippen LogP contribution >= 0.6 is 22.6 Å². The average Bonchev–Trinajstić information content (AvgIpc) is 2.28. The van der Waals surface area contributed by atoms with Crippen molar-refractivity contribution in [1.82, 2.24) is 0 Å². The van der Waals surface area contributed by atoms with E-state index < -0.39 is 0 Å². The third-order valence-corrected chi connectivity index (χ3v) is 3.56. The Morgan fingerprint density at radius 2 is 1.44 bits per heavy atom. The van der Waals surface area contributed by atoms with Gasteiger partial charge in [-0.2, -0.15) is 0 Å². The summed E-state index contributed by atoms with van der Waals surface area (Å²) in [6.45, 7) is 6.50. The summed E-state index contributed by atoms with van der Waals surface area (Å²) in [7, 11) is 0. The number of hydrogen-bond donors (Lipinski definition) is 1. The Morgan fingerprint density at radius 1 is 0.938 bits per heavy atom. The molecule has 2 heteroatoms. The third kappa shape index (κ3) is 9.16. The largest absolute Gasteiger partial charge is 0.392 e. The highest BCUT2D eigenvalue weighted by Crippen LogP contribution is 2.12. The Morgan fingerprint density at radius 3 is 1.94 bits per heavy atom. The smallest absolute Gasteiger partial charge is 0.0639 e. The Bertz CT molecular complexity index is 274. The van der Waals surface area contributed by atoms with E-state index in [1.165, 1.54) is 11.1 Å². The Hall–Kier alpha value is -0.0900. The van der Waals surface area contributed by atoms with Crippen molar-refractivity contribution in [3.8, 4) is 0 Å². The lowest BCUT2D eigenvalue weighted by Gasteiger charge is -2.00. The lowest BCUT2D eigenvalue weighted by atomic mass is 10.1. The number of halogens is 1. The van der Waals surface area contributed by atoms with E-state index in [4.69, 9.17) is 5.11 Å². The second-order valence-corrected chi connectivity index (χ2v) is 4.91. The molecule has 0 aromatic carbocycles. The van der Waals surface area contributed by atoms with E-state index in [0.29, 0.717) is 0 Å². The van der Waals surface area contributed by atoms with Gasteiger partial charge in [0.2, 0.25) is 0 Å². The van der Waals surface area contributed by atoms with Crippen molar-refractivity contribution in [2.45, 2.75) is 46.5 Å². The fourth-order valence-corrected chi connectivity index (χ4v) is 1.63. The molecule has 1 N–H and O–H groups in total. The predicted octanol–water partition coefficient (Wildman–Crippen LogP) is 4.77. The molecule has 0 rings (SSSR count). The normalized spacial score (nSPS) is 14.4. The van der Waals surface area contributed by atoms with Crippen LogP contribution in [0.1, 0.15) is 46.5 Å². The summed E-state index contributed by atoms with van der Waals surface area (Å²) in [4.78, 5) is 0. The van der Waals surface area contributed by atoms with Crippen molar-refractivity contribution in [2.75, 3.05) is 6.61 Å². The molecule has 0 saturated carbocycles. The van der Waals surface area contributed by atoms with Crippen molar-refractivity contribution >= 4 is 22.6 Å². The standard InChI is InChI=1S/C14H23IO/c1-12(6-4-8-13(2)10-15)7-5-9-14(3)11-16/h6,9-10,16H,4-5,7-8,11H2,1-3H3/b12-6+,13-10+,14-9+. The van der Waals surface area contributed by atoms with Crippen molar-refractivity contribution in [3.63, 3.8) is 0 Å². The van der Waals surface area contributed by atoms with Crippen LogP contribution in [-0.4, -0.2) is 11.7 Å². The highest BCUT2D eigenvalue weighted by Gasteiger charge is 1.91. The van der Waals surface area contributed by atoms with Crippen molar-refractivity contribution in [3.05, 3.63) is 33.0 Å². The van der Waals surface area contributed by atoms with E-state index in [0.717, 1.165) is 31.3 Å². The Balaban J connectivity index is 3.80. The van der Waals surface area contributed by atoms with Crippen LogP contribution in [0, 0.1) is 0 Å². The number of aliphatic hydroxyl groups is 1. The van der Waals surface area contributed by atoms with E-state index in [1.807, 2.05) is 6.92 Å². The van der Waals surface area contributed by atoms with Gasteiger partial charge in [-0.3, -0.25) is 0 Å². The van der Waals surface area contributed by atoms with Gasteiger partial charge in [0.15, 0.2) is 0 Å². The van der Waals surface area contributed by atoms with Crippen LogP contribution in [0.2, 0.25) is 0 Å². The lowest BCUT2D eigenvalue weighted by Crippen LogP contribution is -1.84. The van der Waals surface area contributed by atoms with Gasteiger partial charge < -0.3 is 5.11 Å². The lowest BCUT2D eigenvalue weighted by molar-refractivity contribution is 0.331. The molecular weight excluding hydrogens is 311 g/mol. The zero-order valence-corrected chi connectivity index (χ0v) is 12.8. The Kier molecular flexibility index (Phi) is 10.0. The third-order valence-electron chi connectivity index (χ3n) is 2.50. The molecule has 0 aromatic heterocycles. The quantitative estimate of drug-likeness (QED) is 0.525. The van der Waals surface area contributed by atoms with Crippen molar-refractivity contribution in [1.29, 1.82) is 0 Å². The zero-order valence-electron chi connectivity index (χ0n) is 10.6. The van der Waals surface area contributed by atoms with Gasteiger partial charge in [-0.15, -0.1) is 0 Å². The molecule has 92 valence electrons. The second kappa shape index (κ2) is 10.1. The van der Waals surface area contributed by atoms with E-state index in [2.05, 4.69) is 52.7 Å². The predicted molar refractivity (Wildman–Crippen MR) is 80.8 cm³/mol. The second-order valence-electron chi connectivity index (χ2n) is 4.29. The van der Waals surface area contributed by atoms with Crippen LogP contribution < -0.4 is 0 Å². The van der Waals surface area contributed by atoms with Crippen LogP contribution in [0.15, 0.2) is 33.0 Å². The highest BCUT2D eigenvalue weighted by atomic mass is 127. The van der Waals surface area contributed by atoms with Gasteiger partial charge in [0.05, 0.1) is 6.61 Å². The zero-order chi connectivity index (χ0) is 12.4. The number of rotatable bonds is 7. The summed E-state index contributed by atoms with van der Waals surface area (Å²) in [5.41, 5.74) is 3.96. The summed E-state index contributed by atoms with van der Waals surface area (Å²) < 4.78 is 2.15. The van der Waals surface area contributed by atoms with Gasteiger partial charge in [-0.1, -0.05) is 51.5 Å². The Labute approximate surface area is 113 Å². The summed E-state index contributed by atoms with van der Waals surface area (Å²) in [6.07, 6.45) is 8.88. The fraction of sp³-hybridized carbons (Fsp3) is 0.571. The van der Waals surface area contributed by atoms with E-state index >= 15 is 0 Å². The number of hydrogen-bond acceptors (Lipinski definition) is 1. The molecule has 0 aliphatic rings. The molecule has 0 aliphatic heterocycles. The van der Waals surface area contributed by atoms with Crippen LogP contribution in [0.4, 0.5) is 0 Å². The van der Waals surface area contributed by atoms with Crippen LogP contribution in [0.5, 0.6) is 0 Å². The number of allylic oxidation sites excluding steroid dienone is 4. The van der Waals surface area contributed by atoms with E-state index in [-0.39, 0.29) is 6.61 Å². The van der Waals surface area contributed by atoms with Gasteiger partial charge >= 0.3 is 0 Å². The topological polar surface area (TPSA) is 20.2 Å². The maximum absolute atomic E-state index is 8.84. The van der Waals surface area contributed by atoms with E-state index in [1.54, 1.807) is 0 Å². The van der Waals surface area contributed by atoms with Crippen molar-refractivity contribution in [2.24, 2.45) is 0 Å². The maximum Gasteiger partial charge on any atom is 0.0639 e.